The smallest absolute Gasteiger partial charge is 0.245 e. The molecule has 31 nitrogen and oxygen atoms in total. The third kappa shape index (κ3) is 31.3. The fourth-order valence-electron chi connectivity index (χ4n) is 8.47. The van der Waals surface area contributed by atoms with Crippen molar-refractivity contribution in [2.24, 2.45) is 57.5 Å². The molecule has 33 heteroatoms. The van der Waals surface area contributed by atoms with E-state index in [-0.39, 0.29) is 92.8 Å². The number of amides is 13. The number of nitrogens with one attached hydrogen (secondary N) is 12. The fraction of sp³-hybridized carbons (Fsp3) is 0.745. The second kappa shape index (κ2) is 41.3. The standard InChI is InChI=1S/C55H99N17O14S2/c1-12-31(10)44(45(57)77)71-42(76)23-63-49(81)37(24-73)69-54(86)43(30(8)9)72-52(84)36(21-29(6)7)68-53(85)39-26-88-87-25-38(50(82)60-17-14-16-40(74)65-39)70-46(78)32(11)64-41(75)22-62-48(80)34(19-27(2)3)67-51(83)35(20-28(4)5)66-47(79)33(56)15-13-18-61-55(58)59/h27-39,43-44,73H,12-26,56H2,1-11H3,(H2,57,77)(H,60,82)(H,62,80)(H,63,81)(H,64,75)(H,65,74)(H,66,79)(H,67,83)(H,68,85)(H,69,86)(H,70,78)(H,71,76)(H,72,84)(H4,58,59,61)/t31-,32-,33-,34-,35-,36-,37-,38-,39-,43-,44-/m0/s1. The third-order valence-corrected chi connectivity index (χ3v) is 16.0. The van der Waals surface area contributed by atoms with E-state index in [0.717, 1.165) is 21.6 Å². The Morgan fingerprint density at radius 1 is 0.625 bits per heavy atom. The first-order valence-electron chi connectivity index (χ1n) is 29.7. The van der Waals surface area contributed by atoms with Gasteiger partial charge in [-0.05, 0) is 75.0 Å². The lowest BCUT2D eigenvalue weighted by Gasteiger charge is -2.28. The van der Waals surface area contributed by atoms with Gasteiger partial charge in [-0.25, -0.2) is 0 Å². The zero-order chi connectivity index (χ0) is 67.0. The molecule has 21 N–H and O–H groups in total. The molecule has 0 saturated carbocycles. The first-order chi connectivity index (χ1) is 41.2. The number of carbonyl (C=O) groups is 13. The molecule has 1 heterocycles. The van der Waals surface area contributed by atoms with E-state index in [1.165, 1.54) is 6.92 Å². The van der Waals surface area contributed by atoms with Gasteiger partial charge in [0.05, 0.1) is 25.7 Å². The summed E-state index contributed by atoms with van der Waals surface area (Å²) in [6.45, 7) is 17.2. The molecular formula is C55H99N17O14S2. The lowest BCUT2D eigenvalue weighted by molar-refractivity contribution is -0.136. The van der Waals surface area contributed by atoms with E-state index in [1.807, 2.05) is 27.7 Å². The molecule has 0 bridgehead atoms. The van der Waals surface area contributed by atoms with Crippen molar-refractivity contribution < 1.29 is 67.4 Å². The highest BCUT2D eigenvalue weighted by Gasteiger charge is 2.35. The molecule has 0 aromatic heterocycles. The van der Waals surface area contributed by atoms with E-state index in [0.29, 0.717) is 12.8 Å². The number of nitrogens with zero attached hydrogens (tertiary/aromatic N) is 1. The van der Waals surface area contributed by atoms with Crippen molar-refractivity contribution in [2.75, 3.05) is 44.3 Å². The molecule has 1 fully saturated rings. The van der Waals surface area contributed by atoms with Gasteiger partial charge in [-0.15, -0.1) is 0 Å². The van der Waals surface area contributed by atoms with E-state index >= 15 is 0 Å². The number of guanidine groups is 1. The van der Waals surface area contributed by atoms with Gasteiger partial charge in [0.1, 0.15) is 54.4 Å². The van der Waals surface area contributed by atoms with Crippen LogP contribution in [0.2, 0.25) is 0 Å². The van der Waals surface area contributed by atoms with Crippen LogP contribution in [0, 0.1) is 29.6 Å². The summed E-state index contributed by atoms with van der Waals surface area (Å²) < 4.78 is 0. The number of rotatable bonds is 35. The van der Waals surface area contributed by atoms with E-state index in [2.05, 4.69) is 68.8 Å². The normalized spacial score (nSPS) is 17.9. The molecule has 0 aliphatic carbocycles. The van der Waals surface area contributed by atoms with Crippen molar-refractivity contribution in [1.29, 1.82) is 0 Å². The highest BCUT2D eigenvalue weighted by Crippen LogP contribution is 2.24. The lowest BCUT2D eigenvalue weighted by atomic mass is 9.98. The summed E-state index contributed by atoms with van der Waals surface area (Å²) in [5.74, 6) is -10.9. The van der Waals surface area contributed by atoms with Crippen molar-refractivity contribution >= 4 is 104 Å². The molecule has 0 aromatic rings. The minimum absolute atomic E-state index is 0.000921. The van der Waals surface area contributed by atoms with Crippen LogP contribution in [0.15, 0.2) is 4.99 Å². The third-order valence-electron chi connectivity index (χ3n) is 13.6. The van der Waals surface area contributed by atoms with Crippen LogP contribution < -0.4 is 86.7 Å². The largest absolute Gasteiger partial charge is 0.394 e. The van der Waals surface area contributed by atoms with E-state index < -0.39 is 163 Å². The number of hydrogen-bond acceptors (Lipinski definition) is 18. The number of nitrogens with two attached hydrogens (primary N) is 4. The average molecular weight is 1290 g/mol. The molecule has 1 saturated heterocycles. The first kappa shape index (κ1) is 79.0. The molecule has 11 atom stereocenters. The maximum absolute atomic E-state index is 14.0. The Morgan fingerprint density at radius 3 is 1.67 bits per heavy atom. The van der Waals surface area contributed by atoms with Crippen molar-refractivity contribution in [1.82, 2.24) is 63.8 Å². The molecular weight excluding hydrogens is 1190 g/mol. The number of aliphatic imine (C=N–C) groups is 1. The molecule has 1 rings (SSSR count). The summed E-state index contributed by atoms with van der Waals surface area (Å²) in [5.41, 5.74) is 22.2. The van der Waals surface area contributed by atoms with Crippen LogP contribution in [-0.4, -0.2) is 193 Å². The van der Waals surface area contributed by atoms with Crippen molar-refractivity contribution in [3.63, 3.8) is 0 Å². The van der Waals surface area contributed by atoms with Gasteiger partial charge in [0.15, 0.2) is 5.96 Å². The van der Waals surface area contributed by atoms with Crippen LogP contribution in [0.1, 0.15) is 128 Å². The molecule has 13 amide bonds. The van der Waals surface area contributed by atoms with E-state index in [4.69, 9.17) is 22.9 Å². The summed E-state index contributed by atoms with van der Waals surface area (Å²) >= 11 is 0. The minimum Gasteiger partial charge on any atom is -0.394 e. The van der Waals surface area contributed by atoms with Crippen molar-refractivity contribution in [2.45, 2.75) is 188 Å². The van der Waals surface area contributed by atoms with Gasteiger partial charge in [0.2, 0.25) is 76.8 Å². The van der Waals surface area contributed by atoms with Crippen molar-refractivity contribution in [3.8, 4) is 0 Å². The zero-order valence-corrected chi connectivity index (χ0v) is 54.2. The van der Waals surface area contributed by atoms with Gasteiger partial charge in [0.25, 0.3) is 0 Å². The van der Waals surface area contributed by atoms with Gasteiger partial charge in [-0.1, -0.05) is 97.2 Å². The Morgan fingerprint density at radius 2 is 1.14 bits per heavy atom. The second-order valence-electron chi connectivity index (χ2n) is 23.3. The Hall–Kier alpha value is -7.00. The molecule has 0 spiro atoms. The van der Waals surface area contributed by atoms with Gasteiger partial charge in [-0.2, -0.15) is 0 Å². The molecule has 0 aromatic carbocycles. The highest BCUT2D eigenvalue weighted by atomic mass is 33.1. The van der Waals surface area contributed by atoms with Crippen LogP contribution in [0.4, 0.5) is 0 Å². The van der Waals surface area contributed by atoms with E-state index in [9.17, 15) is 67.4 Å². The number of primary amides is 1. The number of carbonyl (C=O) groups excluding carboxylic acids is 13. The molecule has 1 aliphatic rings. The predicted molar refractivity (Wildman–Crippen MR) is 333 cm³/mol. The van der Waals surface area contributed by atoms with E-state index in [1.54, 1.807) is 41.5 Å². The lowest BCUT2D eigenvalue weighted by Crippen LogP contribution is -2.60. The topological polar surface area (TPSA) is 503 Å². The maximum atomic E-state index is 14.0. The number of aliphatic hydroxyl groups excluding tert-OH is 1. The second-order valence-corrected chi connectivity index (χ2v) is 25.9. The highest BCUT2D eigenvalue weighted by molar-refractivity contribution is 8.76. The van der Waals surface area contributed by atoms with Gasteiger partial charge < -0.3 is 91.8 Å². The first-order valence-corrected chi connectivity index (χ1v) is 32.2. The summed E-state index contributed by atoms with van der Waals surface area (Å²) in [7, 11) is 2.16. The van der Waals surface area contributed by atoms with Gasteiger partial charge in [0, 0.05) is 31.0 Å². The summed E-state index contributed by atoms with van der Waals surface area (Å²) in [5, 5.41) is 40.8. The van der Waals surface area contributed by atoms with Gasteiger partial charge >= 0.3 is 0 Å². The van der Waals surface area contributed by atoms with Gasteiger partial charge in [-0.3, -0.25) is 67.3 Å². The average Bonchev–Trinajstić information content (AvgIpc) is 3.48. The summed E-state index contributed by atoms with van der Waals surface area (Å²) in [6, 6.07) is -11.8. The number of aliphatic hydroxyl groups is 1. The molecule has 500 valence electrons. The van der Waals surface area contributed by atoms with Crippen LogP contribution in [0.5, 0.6) is 0 Å². The molecule has 0 radical (unpaired) electrons. The number of hydrogen-bond donors (Lipinski definition) is 17. The Labute approximate surface area is 523 Å². The summed E-state index contributed by atoms with van der Waals surface area (Å²) in [6.07, 6.45) is 1.64. The Bertz CT molecular complexity index is 2400. The van der Waals surface area contributed by atoms with Crippen LogP contribution in [-0.2, 0) is 62.3 Å². The zero-order valence-electron chi connectivity index (χ0n) is 52.6. The fourth-order valence-corrected chi connectivity index (χ4v) is 10.8. The van der Waals surface area contributed by atoms with Crippen LogP contribution in [0.25, 0.3) is 0 Å². The molecule has 0 unspecified atom stereocenters. The SMILES string of the molecule is CC[C@H](C)[C@H](NC(=O)CNC(=O)[C@H](CO)NC(=O)[C@@H](NC(=O)[C@H](CC(C)C)NC(=O)[C@@H]1CSSC[C@H](NC(=O)[C@H](C)NC(=O)CNC(=O)[C@H](CC(C)C)NC(=O)[C@H](CC(C)C)NC(=O)[C@@H](N)CCCN=C(N)N)C(=O)NCCCC(=O)N1)C(C)C)C(N)=O. The molecule has 1 aliphatic heterocycles. The Balaban J connectivity index is 3.06. The van der Waals surface area contributed by atoms with Crippen LogP contribution >= 0.6 is 21.6 Å². The maximum Gasteiger partial charge on any atom is 0.245 e. The predicted octanol–water partition coefficient (Wildman–Crippen LogP) is -4.41. The molecule has 88 heavy (non-hydrogen) atoms. The Kier molecular flexibility index (Phi) is 37.0. The minimum atomic E-state index is -1.56. The monoisotopic (exact) mass is 1290 g/mol. The van der Waals surface area contributed by atoms with Crippen molar-refractivity contribution in [3.05, 3.63) is 0 Å². The summed E-state index contributed by atoms with van der Waals surface area (Å²) in [4.78, 5) is 176. The quantitative estimate of drug-likeness (QED) is 0.0123. The van der Waals surface area contributed by atoms with Crippen LogP contribution in [0.3, 0.4) is 0 Å².